The topological polar surface area (TPSA) is 98.5 Å². The highest BCUT2D eigenvalue weighted by molar-refractivity contribution is 5.83. The van der Waals surface area contributed by atoms with Gasteiger partial charge in [-0.3, -0.25) is 19.7 Å². The lowest BCUT2D eigenvalue weighted by Crippen LogP contribution is -2.46. The highest BCUT2D eigenvalue weighted by Gasteiger charge is 2.22. The van der Waals surface area contributed by atoms with Crippen molar-refractivity contribution in [1.29, 1.82) is 0 Å². The molecule has 0 aliphatic rings. The number of ether oxygens (including phenoxy) is 1. The molecule has 0 saturated heterocycles. The number of hydrogen-bond donors (Lipinski definition) is 1. The van der Waals surface area contributed by atoms with Crippen molar-refractivity contribution in [2.75, 3.05) is 0 Å². The van der Waals surface area contributed by atoms with E-state index in [-0.39, 0.29) is 22.9 Å². The zero-order valence-corrected chi connectivity index (χ0v) is 12.4. The number of rotatable bonds is 5. The molecule has 0 aliphatic carbocycles. The molecule has 0 aromatic heterocycles. The van der Waals surface area contributed by atoms with Crippen molar-refractivity contribution in [3.8, 4) is 5.75 Å². The van der Waals surface area contributed by atoms with E-state index in [1.807, 2.05) is 20.8 Å². The van der Waals surface area contributed by atoms with Crippen molar-refractivity contribution < 1.29 is 19.2 Å². The molecule has 1 rings (SSSR count). The van der Waals surface area contributed by atoms with Gasteiger partial charge in [0.25, 0.3) is 11.6 Å². The number of nitrogens with zero attached hydrogens (tertiary/aromatic N) is 1. The molecule has 1 aromatic rings. The SMILES string of the molecule is C[C@H](Oc1ccc([N+](=O)[O-])cc1C=O)C(=O)NC(C)(C)C. The second kappa shape index (κ2) is 6.34. The highest BCUT2D eigenvalue weighted by atomic mass is 16.6. The summed E-state index contributed by atoms with van der Waals surface area (Å²) in [4.78, 5) is 32.9. The molecule has 1 amide bonds. The molecule has 0 fully saturated rings. The standard InChI is InChI=1S/C14H18N2O5/c1-9(13(18)15-14(2,3)4)21-12-6-5-11(16(19)20)7-10(12)8-17/h5-9H,1-4H3,(H,15,18)/t9-/m0/s1. The molecule has 1 N–H and O–H groups in total. The summed E-state index contributed by atoms with van der Waals surface area (Å²) in [6.07, 6.45) is -0.374. The van der Waals surface area contributed by atoms with Crippen LogP contribution in [0.3, 0.4) is 0 Å². The van der Waals surface area contributed by atoms with E-state index < -0.39 is 16.6 Å². The third kappa shape index (κ3) is 4.87. The van der Waals surface area contributed by atoms with Gasteiger partial charge in [0.1, 0.15) is 5.75 Å². The Morgan fingerprint density at radius 1 is 1.43 bits per heavy atom. The fraction of sp³-hybridized carbons (Fsp3) is 0.429. The van der Waals surface area contributed by atoms with E-state index in [1.165, 1.54) is 19.1 Å². The quantitative estimate of drug-likeness (QED) is 0.509. The predicted octanol–water partition coefficient (Wildman–Crippen LogP) is 2.09. The number of aldehydes is 1. The van der Waals surface area contributed by atoms with Gasteiger partial charge in [0.15, 0.2) is 12.4 Å². The maximum atomic E-state index is 11.9. The molecule has 1 atom stereocenters. The fourth-order valence-electron chi connectivity index (χ4n) is 1.56. The van der Waals surface area contributed by atoms with Crippen LogP contribution in [0.25, 0.3) is 0 Å². The highest BCUT2D eigenvalue weighted by Crippen LogP contribution is 2.23. The van der Waals surface area contributed by atoms with Gasteiger partial charge in [-0.05, 0) is 33.8 Å². The molecule has 0 bridgehead atoms. The molecule has 1 aromatic carbocycles. The Morgan fingerprint density at radius 2 is 2.05 bits per heavy atom. The zero-order chi connectivity index (χ0) is 16.2. The summed E-state index contributed by atoms with van der Waals surface area (Å²) in [5, 5.41) is 13.4. The van der Waals surface area contributed by atoms with Crippen LogP contribution in [-0.2, 0) is 4.79 Å². The van der Waals surface area contributed by atoms with E-state index in [9.17, 15) is 19.7 Å². The van der Waals surface area contributed by atoms with Crippen LogP contribution >= 0.6 is 0 Å². The van der Waals surface area contributed by atoms with Crippen LogP contribution in [0.5, 0.6) is 5.75 Å². The van der Waals surface area contributed by atoms with Gasteiger partial charge in [-0.2, -0.15) is 0 Å². The van der Waals surface area contributed by atoms with E-state index in [0.29, 0.717) is 6.29 Å². The van der Waals surface area contributed by atoms with Crippen molar-refractivity contribution in [2.45, 2.75) is 39.3 Å². The van der Waals surface area contributed by atoms with Gasteiger partial charge in [-0.25, -0.2) is 0 Å². The monoisotopic (exact) mass is 294 g/mol. The van der Waals surface area contributed by atoms with E-state index in [2.05, 4.69) is 5.32 Å². The first kappa shape index (κ1) is 16.6. The van der Waals surface area contributed by atoms with E-state index in [1.54, 1.807) is 0 Å². The first-order valence-corrected chi connectivity index (χ1v) is 6.36. The fourth-order valence-corrected chi connectivity index (χ4v) is 1.56. The minimum absolute atomic E-state index is 0.0274. The number of amides is 1. The first-order valence-electron chi connectivity index (χ1n) is 6.36. The summed E-state index contributed by atoms with van der Waals surface area (Å²) in [5.41, 5.74) is -0.589. The normalized spacial score (nSPS) is 12.4. The van der Waals surface area contributed by atoms with Crippen molar-refractivity contribution in [3.63, 3.8) is 0 Å². The Bertz CT molecular complexity index is 563. The lowest BCUT2D eigenvalue weighted by Gasteiger charge is -2.23. The summed E-state index contributed by atoms with van der Waals surface area (Å²) in [6.45, 7) is 7.04. The van der Waals surface area contributed by atoms with Gasteiger partial charge in [0.05, 0.1) is 10.5 Å². The van der Waals surface area contributed by atoms with Gasteiger partial charge >= 0.3 is 0 Å². The molecule has 7 nitrogen and oxygen atoms in total. The average Bonchev–Trinajstić information content (AvgIpc) is 2.36. The number of hydrogen-bond acceptors (Lipinski definition) is 5. The summed E-state index contributed by atoms with van der Waals surface area (Å²) in [5.74, 6) is -0.204. The second-order valence-corrected chi connectivity index (χ2v) is 5.60. The summed E-state index contributed by atoms with van der Waals surface area (Å²) in [7, 11) is 0. The van der Waals surface area contributed by atoms with E-state index in [0.717, 1.165) is 6.07 Å². The molecular formula is C14H18N2O5. The van der Waals surface area contributed by atoms with Crippen LogP contribution < -0.4 is 10.1 Å². The molecule has 0 radical (unpaired) electrons. The largest absolute Gasteiger partial charge is 0.480 e. The summed E-state index contributed by atoms with van der Waals surface area (Å²) < 4.78 is 5.41. The molecule has 21 heavy (non-hydrogen) atoms. The maximum Gasteiger partial charge on any atom is 0.270 e. The smallest absolute Gasteiger partial charge is 0.270 e. The van der Waals surface area contributed by atoms with Crippen molar-refractivity contribution in [1.82, 2.24) is 5.32 Å². The van der Waals surface area contributed by atoms with Crippen LogP contribution in [0.4, 0.5) is 5.69 Å². The summed E-state index contributed by atoms with van der Waals surface area (Å²) >= 11 is 0. The van der Waals surface area contributed by atoms with Crippen LogP contribution in [0.15, 0.2) is 18.2 Å². The lowest BCUT2D eigenvalue weighted by molar-refractivity contribution is -0.384. The minimum atomic E-state index is -0.829. The number of carbonyl (C=O) groups is 2. The minimum Gasteiger partial charge on any atom is -0.480 e. The number of benzene rings is 1. The molecular weight excluding hydrogens is 276 g/mol. The average molecular weight is 294 g/mol. The zero-order valence-electron chi connectivity index (χ0n) is 12.4. The number of nitrogens with one attached hydrogen (secondary N) is 1. The van der Waals surface area contributed by atoms with E-state index in [4.69, 9.17) is 4.74 Å². The first-order chi connectivity index (χ1) is 9.64. The number of non-ortho nitro benzene ring substituents is 1. The van der Waals surface area contributed by atoms with Crippen molar-refractivity contribution in [3.05, 3.63) is 33.9 Å². The lowest BCUT2D eigenvalue weighted by atomic mass is 10.1. The third-order valence-electron chi connectivity index (χ3n) is 2.50. The molecule has 0 aliphatic heterocycles. The number of carbonyl (C=O) groups excluding carboxylic acids is 2. The summed E-state index contributed by atoms with van der Waals surface area (Å²) in [6, 6.07) is 3.64. The predicted molar refractivity (Wildman–Crippen MR) is 76.5 cm³/mol. The Balaban J connectivity index is 2.90. The molecule has 0 saturated carbocycles. The van der Waals surface area contributed by atoms with Gasteiger partial charge in [-0.1, -0.05) is 0 Å². The third-order valence-corrected chi connectivity index (χ3v) is 2.50. The Morgan fingerprint density at radius 3 is 2.52 bits per heavy atom. The Hall–Kier alpha value is -2.44. The van der Waals surface area contributed by atoms with Crippen LogP contribution in [0.1, 0.15) is 38.1 Å². The van der Waals surface area contributed by atoms with Crippen LogP contribution in [-0.4, -0.2) is 28.8 Å². The van der Waals surface area contributed by atoms with Gasteiger partial charge < -0.3 is 10.1 Å². The molecule has 0 heterocycles. The number of nitro benzene ring substituents is 1. The van der Waals surface area contributed by atoms with Crippen molar-refractivity contribution in [2.24, 2.45) is 0 Å². The second-order valence-electron chi connectivity index (χ2n) is 5.60. The van der Waals surface area contributed by atoms with Crippen LogP contribution in [0, 0.1) is 10.1 Å². The van der Waals surface area contributed by atoms with Gasteiger partial charge in [0, 0.05) is 17.7 Å². The molecule has 7 heteroatoms. The molecule has 114 valence electrons. The maximum absolute atomic E-state index is 11.9. The van der Waals surface area contributed by atoms with Gasteiger partial charge in [-0.15, -0.1) is 0 Å². The van der Waals surface area contributed by atoms with Crippen LogP contribution in [0.2, 0.25) is 0 Å². The molecule has 0 unspecified atom stereocenters. The van der Waals surface area contributed by atoms with Crippen molar-refractivity contribution >= 4 is 17.9 Å². The Kier molecular flexibility index (Phi) is 5.02. The molecule has 0 spiro atoms. The Labute approximate surface area is 122 Å². The van der Waals surface area contributed by atoms with Gasteiger partial charge in [0.2, 0.25) is 0 Å². The van der Waals surface area contributed by atoms with E-state index >= 15 is 0 Å². The number of nitro groups is 1.